The summed E-state index contributed by atoms with van der Waals surface area (Å²) in [6, 6.07) is 9.27. The van der Waals surface area contributed by atoms with E-state index in [0.29, 0.717) is 40.6 Å². The fourth-order valence-corrected chi connectivity index (χ4v) is 2.00. The third-order valence-corrected chi connectivity index (χ3v) is 2.99. The summed E-state index contributed by atoms with van der Waals surface area (Å²) in [6.07, 6.45) is 0.786. The molecule has 2 N–H and O–H groups in total. The molecule has 8 nitrogen and oxygen atoms in total. The second kappa shape index (κ2) is 5.00. The molecular formula is C12H11N5O3. The van der Waals surface area contributed by atoms with E-state index in [0.717, 1.165) is 5.69 Å². The van der Waals surface area contributed by atoms with Crippen molar-refractivity contribution in [2.75, 3.05) is 5.43 Å². The van der Waals surface area contributed by atoms with Crippen molar-refractivity contribution in [1.29, 1.82) is 0 Å². The fraction of sp³-hybridized carbons (Fsp3) is 0.167. The van der Waals surface area contributed by atoms with Crippen LogP contribution in [-0.2, 0) is 6.42 Å². The lowest BCUT2D eigenvalue weighted by Gasteiger charge is -2.10. The number of aromatic nitrogens is 2. The molecule has 0 unspecified atom stereocenters. The van der Waals surface area contributed by atoms with Gasteiger partial charge in [-0.2, -0.15) is 5.10 Å². The Morgan fingerprint density at radius 2 is 2.10 bits per heavy atom. The Labute approximate surface area is 113 Å². The molecule has 0 saturated heterocycles. The number of fused-ring (bicyclic) bond motifs is 1. The molecule has 3 rings (SSSR count). The molecule has 1 aromatic heterocycles. The summed E-state index contributed by atoms with van der Waals surface area (Å²) in [7, 11) is 0. The van der Waals surface area contributed by atoms with Crippen LogP contribution in [0.1, 0.15) is 17.8 Å². The van der Waals surface area contributed by atoms with Crippen LogP contribution in [0.2, 0.25) is 0 Å². The maximum atomic E-state index is 11.4. The van der Waals surface area contributed by atoms with Gasteiger partial charge >= 0.3 is 0 Å². The van der Waals surface area contributed by atoms with Gasteiger partial charge in [-0.05, 0) is 17.0 Å². The van der Waals surface area contributed by atoms with E-state index in [-0.39, 0.29) is 0 Å². The predicted octanol–water partition coefficient (Wildman–Crippen LogP) is 0.901. The third kappa shape index (κ3) is 2.07. The summed E-state index contributed by atoms with van der Waals surface area (Å²) in [6.45, 7) is 0. The summed E-state index contributed by atoms with van der Waals surface area (Å²) in [5.41, 5.74) is 4.93. The van der Waals surface area contributed by atoms with Crippen molar-refractivity contribution in [2.45, 2.75) is 12.8 Å². The average molecular weight is 273 g/mol. The molecule has 0 bridgehead atoms. The number of para-hydroxylation sites is 1. The van der Waals surface area contributed by atoms with Crippen molar-refractivity contribution in [3.8, 4) is 0 Å². The predicted molar refractivity (Wildman–Crippen MR) is 69.6 cm³/mol. The molecule has 0 fully saturated rings. The molecule has 0 atom stereocenters. The minimum absolute atomic E-state index is 0.294. The number of benzene rings is 1. The van der Waals surface area contributed by atoms with E-state index in [1.807, 2.05) is 30.3 Å². The van der Waals surface area contributed by atoms with E-state index < -0.39 is 0 Å². The fourth-order valence-electron chi connectivity index (χ4n) is 2.00. The highest BCUT2D eigenvalue weighted by Gasteiger charge is 2.33. The number of rotatable bonds is 2. The van der Waals surface area contributed by atoms with Crippen molar-refractivity contribution in [3.05, 3.63) is 46.9 Å². The number of anilines is 1. The number of nitrogens with one attached hydrogen (secondary N) is 1. The molecule has 20 heavy (non-hydrogen) atoms. The SMILES string of the molecule is [O-][n+]1onc2c1CCC(=N\O)/C2=N/Nc1ccccc1. The van der Waals surface area contributed by atoms with Gasteiger partial charge < -0.3 is 10.4 Å². The minimum atomic E-state index is 0.294. The van der Waals surface area contributed by atoms with Crippen LogP contribution in [-0.4, -0.2) is 21.8 Å². The van der Waals surface area contributed by atoms with Gasteiger partial charge in [-0.25, -0.2) is 0 Å². The molecule has 2 aromatic rings. The topological polar surface area (TPSA) is 110 Å². The number of hydrazone groups is 1. The Bertz CT molecular complexity index is 678. The normalized spacial score (nSPS) is 18.2. The average Bonchev–Trinajstić information content (AvgIpc) is 2.87. The number of oxime groups is 1. The van der Waals surface area contributed by atoms with Gasteiger partial charge in [0.25, 0.3) is 5.69 Å². The van der Waals surface area contributed by atoms with Crippen LogP contribution < -0.4 is 10.3 Å². The number of nitrogens with zero attached hydrogens (tertiary/aromatic N) is 4. The lowest BCUT2D eigenvalue weighted by Crippen LogP contribution is -2.34. The van der Waals surface area contributed by atoms with E-state index in [9.17, 15) is 5.21 Å². The van der Waals surface area contributed by atoms with Gasteiger partial charge in [0.15, 0.2) is 5.71 Å². The van der Waals surface area contributed by atoms with Gasteiger partial charge in [0, 0.05) is 18.0 Å². The first kappa shape index (κ1) is 12.2. The summed E-state index contributed by atoms with van der Waals surface area (Å²) >= 11 is 0. The van der Waals surface area contributed by atoms with Gasteiger partial charge in [0.05, 0.1) is 5.69 Å². The minimum Gasteiger partial charge on any atom is -0.411 e. The second-order valence-electron chi connectivity index (χ2n) is 4.21. The number of hydrogen-bond donors (Lipinski definition) is 2. The first-order valence-corrected chi connectivity index (χ1v) is 5.98. The third-order valence-electron chi connectivity index (χ3n) is 2.99. The summed E-state index contributed by atoms with van der Waals surface area (Å²) in [4.78, 5) is 0.349. The molecule has 1 heterocycles. The zero-order chi connectivity index (χ0) is 13.9. The molecule has 0 aliphatic heterocycles. The maximum absolute atomic E-state index is 11.4. The Balaban J connectivity index is 1.97. The van der Waals surface area contributed by atoms with Crippen LogP contribution in [0.5, 0.6) is 0 Å². The molecule has 1 aliphatic rings. The smallest absolute Gasteiger partial charge is 0.273 e. The Morgan fingerprint density at radius 1 is 1.30 bits per heavy atom. The second-order valence-corrected chi connectivity index (χ2v) is 4.21. The van der Waals surface area contributed by atoms with Gasteiger partial charge in [-0.1, -0.05) is 23.4 Å². The van der Waals surface area contributed by atoms with Gasteiger partial charge in [0.1, 0.15) is 5.71 Å². The van der Waals surface area contributed by atoms with Crippen molar-refractivity contribution >= 4 is 17.1 Å². The molecular weight excluding hydrogens is 262 g/mol. The molecule has 8 heteroatoms. The van der Waals surface area contributed by atoms with Crippen LogP contribution in [0, 0.1) is 5.21 Å². The summed E-state index contributed by atoms with van der Waals surface area (Å²) in [5.74, 6) is 0. The summed E-state index contributed by atoms with van der Waals surface area (Å²) in [5, 5.41) is 31.4. The Kier molecular flexibility index (Phi) is 3.04. The van der Waals surface area contributed by atoms with Crippen LogP contribution in [0.4, 0.5) is 5.69 Å². The highest BCUT2D eigenvalue weighted by atomic mass is 16.8. The summed E-state index contributed by atoms with van der Waals surface area (Å²) < 4.78 is 4.56. The zero-order valence-electron chi connectivity index (χ0n) is 10.4. The lowest BCUT2D eigenvalue weighted by atomic mass is 9.97. The Morgan fingerprint density at radius 3 is 2.85 bits per heavy atom. The van der Waals surface area contributed by atoms with Crippen LogP contribution in [0.15, 0.2) is 45.2 Å². The lowest BCUT2D eigenvalue weighted by molar-refractivity contribution is -0.807. The van der Waals surface area contributed by atoms with E-state index in [2.05, 4.69) is 25.5 Å². The quantitative estimate of drug-likeness (QED) is 0.480. The largest absolute Gasteiger partial charge is 0.411 e. The van der Waals surface area contributed by atoms with Crippen LogP contribution in [0.25, 0.3) is 0 Å². The highest BCUT2D eigenvalue weighted by Crippen LogP contribution is 2.16. The van der Waals surface area contributed by atoms with Gasteiger partial charge in [-0.3, -0.25) is 10.1 Å². The van der Waals surface area contributed by atoms with Crippen molar-refractivity contribution in [1.82, 2.24) is 5.16 Å². The van der Waals surface area contributed by atoms with Crippen LogP contribution in [0.3, 0.4) is 0 Å². The molecule has 102 valence electrons. The van der Waals surface area contributed by atoms with E-state index >= 15 is 0 Å². The van der Waals surface area contributed by atoms with Crippen molar-refractivity contribution < 1.29 is 14.7 Å². The standard InChI is InChI=1S/C12H11N5O3/c18-15-9-6-7-10-12(16-20-17(10)19)11(9)14-13-8-4-2-1-3-5-8/h1-5,13,18H,6-7H2/b14-11-,15-9+. The number of hydrogen-bond acceptors (Lipinski definition) is 7. The van der Waals surface area contributed by atoms with Crippen molar-refractivity contribution in [3.63, 3.8) is 0 Å². The molecule has 0 spiro atoms. The van der Waals surface area contributed by atoms with Crippen LogP contribution >= 0.6 is 0 Å². The van der Waals surface area contributed by atoms with E-state index in [4.69, 9.17) is 5.21 Å². The van der Waals surface area contributed by atoms with Gasteiger partial charge in [0.2, 0.25) is 5.69 Å². The molecule has 0 saturated carbocycles. The van der Waals surface area contributed by atoms with Crippen molar-refractivity contribution in [2.24, 2.45) is 10.3 Å². The monoisotopic (exact) mass is 273 g/mol. The molecule has 1 aromatic carbocycles. The van der Waals surface area contributed by atoms with Gasteiger partial charge in [-0.15, -0.1) is 0 Å². The highest BCUT2D eigenvalue weighted by molar-refractivity contribution is 6.48. The molecule has 1 aliphatic carbocycles. The van der Waals surface area contributed by atoms with E-state index in [1.165, 1.54) is 0 Å². The molecule has 0 amide bonds. The first-order valence-electron chi connectivity index (χ1n) is 5.98. The van der Waals surface area contributed by atoms with E-state index in [1.54, 1.807) is 0 Å². The first-order chi connectivity index (χ1) is 9.79. The molecule has 0 radical (unpaired) electrons. The Hall–Kier alpha value is -2.90. The maximum Gasteiger partial charge on any atom is 0.273 e. The zero-order valence-corrected chi connectivity index (χ0v) is 10.4.